The molecule has 5 nitrogen and oxygen atoms in total. The van der Waals surface area contributed by atoms with Crippen molar-refractivity contribution in [3.63, 3.8) is 0 Å². The van der Waals surface area contributed by atoms with Crippen LogP contribution in [0.5, 0.6) is 5.88 Å². The number of hydrogen-bond donors (Lipinski definition) is 1. The molecule has 0 radical (unpaired) electrons. The second kappa shape index (κ2) is 5.98. The van der Waals surface area contributed by atoms with Gasteiger partial charge in [-0.25, -0.2) is 4.98 Å². The minimum atomic E-state index is -0.409. The SMILES string of the molecule is COC(=O)CCc1cccc(OCO)n1. The topological polar surface area (TPSA) is 68.7 Å². The molecule has 0 bridgehead atoms. The van der Waals surface area contributed by atoms with E-state index in [0.29, 0.717) is 12.3 Å². The molecule has 1 rings (SSSR count). The van der Waals surface area contributed by atoms with Gasteiger partial charge in [0.15, 0.2) is 6.79 Å². The number of rotatable bonds is 5. The lowest BCUT2D eigenvalue weighted by molar-refractivity contribution is -0.140. The first kappa shape index (κ1) is 11.5. The first-order valence-corrected chi connectivity index (χ1v) is 4.52. The summed E-state index contributed by atoms with van der Waals surface area (Å²) in [7, 11) is 1.35. The summed E-state index contributed by atoms with van der Waals surface area (Å²) in [5, 5.41) is 8.53. The van der Waals surface area contributed by atoms with Gasteiger partial charge >= 0.3 is 5.97 Å². The van der Waals surface area contributed by atoms with Crippen LogP contribution >= 0.6 is 0 Å². The van der Waals surface area contributed by atoms with Crippen molar-refractivity contribution in [1.82, 2.24) is 4.98 Å². The molecule has 0 aliphatic heterocycles. The summed E-state index contributed by atoms with van der Waals surface area (Å²) in [5.41, 5.74) is 0.728. The minimum Gasteiger partial charge on any atom is -0.469 e. The molecule has 0 spiro atoms. The van der Waals surface area contributed by atoms with Crippen LogP contribution in [-0.4, -0.2) is 30.0 Å². The van der Waals surface area contributed by atoms with E-state index in [2.05, 4.69) is 9.72 Å². The number of ether oxygens (including phenoxy) is 2. The quantitative estimate of drug-likeness (QED) is 0.568. The van der Waals surface area contributed by atoms with E-state index in [1.807, 2.05) is 0 Å². The first-order valence-electron chi connectivity index (χ1n) is 4.52. The van der Waals surface area contributed by atoms with Crippen molar-refractivity contribution in [2.75, 3.05) is 13.9 Å². The van der Waals surface area contributed by atoms with Crippen LogP contribution in [0.15, 0.2) is 18.2 Å². The number of methoxy groups -OCH3 is 1. The van der Waals surface area contributed by atoms with E-state index in [9.17, 15) is 4.79 Å². The normalized spacial score (nSPS) is 9.73. The summed E-state index contributed by atoms with van der Waals surface area (Å²) < 4.78 is 9.32. The van der Waals surface area contributed by atoms with Crippen LogP contribution < -0.4 is 4.74 Å². The molecule has 0 aromatic carbocycles. The Bertz CT molecular complexity index is 327. The van der Waals surface area contributed by atoms with Gasteiger partial charge in [-0.2, -0.15) is 0 Å². The number of esters is 1. The smallest absolute Gasteiger partial charge is 0.305 e. The van der Waals surface area contributed by atoms with Crippen molar-refractivity contribution in [3.8, 4) is 5.88 Å². The predicted octanol–water partition coefficient (Wildman–Crippen LogP) is 0.516. The maximum atomic E-state index is 10.9. The van der Waals surface area contributed by atoms with Gasteiger partial charge < -0.3 is 14.6 Å². The summed E-state index contributed by atoms with van der Waals surface area (Å²) >= 11 is 0. The molecule has 1 heterocycles. The Morgan fingerprint density at radius 3 is 3.00 bits per heavy atom. The van der Waals surface area contributed by atoms with Crippen molar-refractivity contribution in [3.05, 3.63) is 23.9 Å². The zero-order chi connectivity index (χ0) is 11.1. The summed E-state index contributed by atoms with van der Waals surface area (Å²) in [6, 6.07) is 5.18. The molecule has 15 heavy (non-hydrogen) atoms. The van der Waals surface area contributed by atoms with Gasteiger partial charge in [-0.15, -0.1) is 0 Å². The third kappa shape index (κ3) is 3.95. The summed E-state index contributed by atoms with van der Waals surface area (Å²) in [5.74, 6) is 0.0742. The Kier molecular flexibility index (Phi) is 4.56. The molecule has 0 atom stereocenters. The number of aryl methyl sites for hydroxylation is 1. The van der Waals surface area contributed by atoms with E-state index in [-0.39, 0.29) is 12.4 Å². The van der Waals surface area contributed by atoms with Crippen LogP contribution in [0.1, 0.15) is 12.1 Å². The van der Waals surface area contributed by atoms with Gasteiger partial charge in [0.1, 0.15) is 0 Å². The van der Waals surface area contributed by atoms with E-state index in [0.717, 1.165) is 5.69 Å². The molecule has 5 heteroatoms. The first-order chi connectivity index (χ1) is 7.26. The molecule has 0 saturated heterocycles. The van der Waals surface area contributed by atoms with E-state index in [1.165, 1.54) is 7.11 Å². The van der Waals surface area contributed by atoms with Gasteiger partial charge in [-0.3, -0.25) is 4.79 Å². The third-order valence-corrected chi connectivity index (χ3v) is 1.81. The van der Waals surface area contributed by atoms with Crippen molar-refractivity contribution in [1.29, 1.82) is 0 Å². The molecule has 1 aromatic heterocycles. The molecular formula is C10H13NO4. The number of aliphatic hydroxyl groups is 1. The third-order valence-electron chi connectivity index (χ3n) is 1.81. The van der Waals surface area contributed by atoms with Crippen molar-refractivity contribution in [2.24, 2.45) is 0 Å². The number of carbonyl (C=O) groups excluding carboxylic acids is 1. The van der Waals surface area contributed by atoms with Crippen molar-refractivity contribution >= 4 is 5.97 Å². The second-order valence-electron chi connectivity index (χ2n) is 2.82. The standard InChI is InChI=1S/C10H13NO4/c1-14-10(13)6-5-8-3-2-4-9(11-8)15-7-12/h2-4,12H,5-7H2,1H3. The minimum absolute atomic E-state index is 0.273. The van der Waals surface area contributed by atoms with E-state index >= 15 is 0 Å². The van der Waals surface area contributed by atoms with Gasteiger partial charge in [-0.05, 0) is 6.07 Å². The molecular weight excluding hydrogens is 198 g/mol. The molecule has 0 amide bonds. The van der Waals surface area contributed by atoms with Crippen LogP contribution in [0.2, 0.25) is 0 Å². The van der Waals surface area contributed by atoms with E-state index in [1.54, 1.807) is 18.2 Å². The molecule has 0 fully saturated rings. The Labute approximate surface area is 87.7 Å². The van der Waals surface area contributed by atoms with Crippen molar-refractivity contribution < 1.29 is 19.4 Å². The fraction of sp³-hybridized carbons (Fsp3) is 0.400. The molecule has 0 saturated carbocycles. The number of carbonyl (C=O) groups is 1. The van der Waals surface area contributed by atoms with Crippen LogP contribution in [0, 0.1) is 0 Å². The summed E-state index contributed by atoms with van der Waals surface area (Å²) in [4.78, 5) is 15.0. The molecule has 1 N–H and O–H groups in total. The molecule has 0 unspecified atom stereocenters. The van der Waals surface area contributed by atoms with Gasteiger partial charge in [0, 0.05) is 18.2 Å². The average Bonchev–Trinajstić information content (AvgIpc) is 2.27. The molecule has 1 aromatic rings. The average molecular weight is 211 g/mol. The monoisotopic (exact) mass is 211 g/mol. The summed E-state index contributed by atoms with van der Waals surface area (Å²) in [6.07, 6.45) is 0.779. The lowest BCUT2D eigenvalue weighted by Crippen LogP contribution is -2.04. The largest absolute Gasteiger partial charge is 0.469 e. The Hall–Kier alpha value is -1.62. The number of aliphatic hydroxyl groups excluding tert-OH is 1. The highest BCUT2D eigenvalue weighted by Gasteiger charge is 2.03. The highest BCUT2D eigenvalue weighted by Crippen LogP contribution is 2.08. The number of hydrogen-bond acceptors (Lipinski definition) is 5. The van der Waals surface area contributed by atoms with Gasteiger partial charge in [0.2, 0.25) is 5.88 Å². The fourth-order valence-corrected chi connectivity index (χ4v) is 1.08. The highest BCUT2D eigenvalue weighted by molar-refractivity contribution is 5.69. The Morgan fingerprint density at radius 2 is 2.33 bits per heavy atom. The highest BCUT2D eigenvalue weighted by atomic mass is 16.6. The van der Waals surface area contributed by atoms with Crippen LogP contribution in [0.3, 0.4) is 0 Å². The van der Waals surface area contributed by atoms with Crippen LogP contribution in [0.4, 0.5) is 0 Å². The predicted molar refractivity (Wildman–Crippen MR) is 52.3 cm³/mol. The fourth-order valence-electron chi connectivity index (χ4n) is 1.08. The summed E-state index contributed by atoms with van der Waals surface area (Å²) in [6.45, 7) is -0.409. The maximum absolute atomic E-state index is 10.9. The lowest BCUT2D eigenvalue weighted by atomic mass is 10.2. The van der Waals surface area contributed by atoms with Gasteiger partial charge in [-0.1, -0.05) is 6.07 Å². The molecule has 0 aliphatic carbocycles. The maximum Gasteiger partial charge on any atom is 0.305 e. The van der Waals surface area contributed by atoms with E-state index in [4.69, 9.17) is 9.84 Å². The number of pyridine rings is 1. The number of aromatic nitrogens is 1. The Balaban J connectivity index is 2.53. The zero-order valence-corrected chi connectivity index (χ0v) is 8.47. The molecule has 82 valence electrons. The van der Waals surface area contributed by atoms with Gasteiger partial charge in [0.05, 0.1) is 13.5 Å². The molecule has 0 aliphatic rings. The van der Waals surface area contributed by atoms with E-state index < -0.39 is 6.79 Å². The van der Waals surface area contributed by atoms with Gasteiger partial charge in [0.25, 0.3) is 0 Å². The van der Waals surface area contributed by atoms with Crippen molar-refractivity contribution in [2.45, 2.75) is 12.8 Å². The second-order valence-corrected chi connectivity index (χ2v) is 2.82. The zero-order valence-electron chi connectivity index (χ0n) is 8.47. The number of nitrogens with zero attached hydrogens (tertiary/aromatic N) is 1. The lowest BCUT2D eigenvalue weighted by Gasteiger charge is -2.03. The van der Waals surface area contributed by atoms with Crippen LogP contribution in [0.25, 0.3) is 0 Å². The Morgan fingerprint density at radius 1 is 1.53 bits per heavy atom. The van der Waals surface area contributed by atoms with Crippen LogP contribution in [-0.2, 0) is 16.0 Å².